The second-order valence-electron chi connectivity index (χ2n) is 5.83. The summed E-state index contributed by atoms with van der Waals surface area (Å²) in [5.41, 5.74) is 0.831. The monoisotopic (exact) mass is 306 g/mol. The maximum Gasteiger partial charge on any atom is 0.269 e. The normalized spacial score (nSPS) is 21.3. The van der Waals surface area contributed by atoms with E-state index in [-0.39, 0.29) is 30.2 Å². The van der Waals surface area contributed by atoms with Gasteiger partial charge in [0.05, 0.1) is 4.92 Å². The van der Waals surface area contributed by atoms with E-state index in [2.05, 4.69) is 5.32 Å². The van der Waals surface area contributed by atoms with Crippen LogP contribution in [0.3, 0.4) is 0 Å². The highest BCUT2D eigenvalue weighted by Crippen LogP contribution is 2.24. The Kier molecular flexibility index (Phi) is 5.89. The maximum absolute atomic E-state index is 12.0. The second-order valence-corrected chi connectivity index (χ2v) is 5.83. The molecule has 0 unspecified atom stereocenters. The van der Waals surface area contributed by atoms with Gasteiger partial charge in [-0.15, -0.1) is 0 Å². The zero-order valence-corrected chi connectivity index (χ0v) is 12.5. The Hall–Kier alpha value is -1.95. The molecular weight excluding hydrogens is 284 g/mol. The summed E-state index contributed by atoms with van der Waals surface area (Å²) < 4.78 is 0. The van der Waals surface area contributed by atoms with Gasteiger partial charge in [-0.05, 0) is 24.8 Å². The number of aliphatic hydroxyl groups excluding tert-OH is 1. The molecule has 0 aromatic heterocycles. The van der Waals surface area contributed by atoms with Gasteiger partial charge in [-0.2, -0.15) is 0 Å². The fourth-order valence-corrected chi connectivity index (χ4v) is 2.98. The fraction of sp³-hybridized carbons (Fsp3) is 0.562. The van der Waals surface area contributed by atoms with Crippen molar-refractivity contribution in [3.63, 3.8) is 0 Å². The molecule has 6 nitrogen and oxygen atoms in total. The summed E-state index contributed by atoms with van der Waals surface area (Å²) in [6.45, 7) is 0.107. The summed E-state index contributed by atoms with van der Waals surface area (Å²) in [5, 5.41) is 23.1. The third-order valence-corrected chi connectivity index (χ3v) is 4.25. The molecule has 1 aromatic rings. The quantitative estimate of drug-likeness (QED) is 0.622. The highest BCUT2D eigenvalue weighted by molar-refractivity contribution is 5.76. The number of benzene rings is 1. The van der Waals surface area contributed by atoms with Crippen molar-refractivity contribution in [3.8, 4) is 0 Å². The van der Waals surface area contributed by atoms with E-state index in [1.807, 2.05) is 0 Å². The van der Waals surface area contributed by atoms with Crippen LogP contribution < -0.4 is 5.32 Å². The number of nitro benzene ring substituents is 1. The van der Waals surface area contributed by atoms with Crippen molar-refractivity contribution in [2.75, 3.05) is 6.61 Å². The van der Waals surface area contributed by atoms with Crippen LogP contribution in [0.25, 0.3) is 0 Å². The van der Waals surface area contributed by atoms with Crippen molar-refractivity contribution in [3.05, 3.63) is 39.9 Å². The van der Waals surface area contributed by atoms with Crippen LogP contribution in [-0.2, 0) is 11.2 Å². The average molecular weight is 306 g/mol. The molecule has 2 rings (SSSR count). The molecule has 1 aromatic carbocycles. The van der Waals surface area contributed by atoms with E-state index in [1.165, 1.54) is 12.1 Å². The van der Waals surface area contributed by atoms with Crippen molar-refractivity contribution < 1.29 is 14.8 Å². The van der Waals surface area contributed by atoms with Crippen molar-refractivity contribution in [1.82, 2.24) is 5.32 Å². The van der Waals surface area contributed by atoms with Crippen molar-refractivity contribution >= 4 is 11.6 Å². The molecule has 22 heavy (non-hydrogen) atoms. The Balaban J connectivity index is 1.84. The predicted molar refractivity (Wildman–Crippen MR) is 82.4 cm³/mol. The summed E-state index contributed by atoms with van der Waals surface area (Å²) in [5.74, 6) is 0.0902. The minimum Gasteiger partial charge on any atom is -0.396 e. The zero-order valence-electron chi connectivity index (χ0n) is 12.5. The highest BCUT2D eigenvalue weighted by Gasteiger charge is 2.25. The van der Waals surface area contributed by atoms with Gasteiger partial charge >= 0.3 is 0 Å². The zero-order chi connectivity index (χ0) is 15.9. The Labute approximate surface area is 129 Å². The van der Waals surface area contributed by atoms with Gasteiger partial charge in [-0.1, -0.05) is 25.0 Å². The number of carbonyl (C=O) groups is 1. The lowest BCUT2D eigenvalue weighted by Crippen LogP contribution is -2.43. The lowest BCUT2D eigenvalue weighted by molar-refractivity contribution is -0.384. The number of nitro groups is 1. The second kappa shape index (κ2) is 7.89. The molecule has 0 saturated heterocycles. The van der Waals surface area contributed by atoms with Crippen LogP contribution in [0.5, 0.6) is 0 Å². The molecule has 1 saturated carbocycles. The molecular formula is C16H22N2O4. The van der Waals surface area contributed by atoms with E-state index in [0.29, 0.717) is 12.8 Å². The largest absolute Gasteiger partial charge is 0.396 e. The predicted octanol–water partition coefficient (Wildman–Crippen LogP) is 2.19. The first-order valence-electron chi connectivity index (χ1n) is 7.73. The van der Waals surface area contributed by atoms with Gasteiger partial charge in [0.25, 0.3) is 5.69 Å². The van der Waals surface area contributed by atoms with Gasteiger partial charge < -0.3 is 10.4 Å². The molecule has 1 fully saturated rings. The topological polar surface area (TPSA) is 92.5 Å². The van der Waals surface area contributed by atoms with Gasteiger partial charge in [-0.3, -0.25) is 14.9 Å². The minimum atomic E-state index is -0.433. The summed E-state index contributed by atoms with van der Waals surface area (Å²) in [7, 11) is 0. The fourth-order valence-electron chi connectivity index (χ4n) is 2.98. The molecule has 2 atom stereocenters. The molecule has 120 valence electrons. The minimum absolute atomic E-state index is 0.0468. The highest BCUT2D eigenvalue weighted by atomic mass is 16.6. The maximum atomic E-state index is 12.0. The van der Waals surface area contributed by atoms with Crippen LogP contribution in [0, 0.1) is 16.0 Å². The van der Waals surface area contributed by atoms with Gasteiger partial charge in [0.1, 0.15) is 0 Å². The number of rotatable bonds is 6. The first kappa shape index (κ1) is 16.4. The number of carbonyl (C=O) groups excluding carboxylic acids is 1. The van der Waals surface area contributed by atoms with Gasteiger partial charge in [0.2, 0.25) is 5.91 Å². The van der Waals surface area contributed by atoms with Crippen LogP contribution in [0.2, 0.25) is 0 Å². The standard InChI is InChI=1S/C16H22N2O4/c19-11-13-5-1-2-7-15(13)17-16(20)9-8-12-4-3-6-14(10-12)18(21)22/h3-4,6,10,13,15,19H,1-2,5,7-9,11H2,(H,17,20)/t13-,15+/m1/s1. The van der Waals surface area contributed by atoms with Crippen LogP contribution in [0.1, 0.15) is 37.7 Å². The number of hydrogen-bond donors (Lipinski definition) is 2. The number of aliphatic hydroxyl groups is 1. The van der Waals surface area contributed by atoms with Gasteiger partial charge in [0, 0.05) is 37.1 Å². The van der Waals surface area contributed by atoms with Crippen LogP contribution in [0.4, 0.5) is 5.69 Å². The Morgan fingerprint density at radius 2 is 2.14 bits per heavy atom. The SMILES string of the molecule is O=C(CCc1cccc([N+](=O)[O-])c1)N[C@H]1CCCC[C@@H]1CO. The lowest BCUT2D eigenvalue weighted by atomic mass is 9.85. The Morgan fingerprint density at radius 3 is 2.86 bits per heavy atom. The molecule has 0 radical (unpaired) electrons. The first-order valence-corrected chi connectivity index (χ1v) is 7.73. The molecule has 6 heteroatoms. The third kappa shape index (κ3) is 4.53. The van der Waals surface area contributed by atoms with Gasteiger partial charge in [0.15, 0.2) is 0 Å². The number of nitrogens with one attached hydrogen (secondary N) is 1. The molecule has 0 heterocycles. The summed E-state index contributed by atoms with van der Waals surface area (Å²) in [4.78, 5) is 22.3. The van der Waals surface area contributed by atoms with Crippen LogP contribution in [-0.4, -0.2) is 28.6 Å². The Bertz CT molecular complexity index is 533. The van der Waals surface area contributed by atoms with E-state index in [0.717, 1.165) is 31.2 Å². The summed E-state index contributed by atoms with van der Waals surface area (Å²) in [6.07, 6.45) is 4.82. The Morgan fingerprint density at radius 1 is 1.36 bits per heavy atom. The molecule has 2 N–H and O–H groups in total. The molecule has 1 aliphatic carbocycles. The third-order valence-electron chi connectivity index (χ3n) is 4.25. The number of non-ortho nitro benzene ring substituents is 1. The molecule has 1 amide bonds. The van der Waals surface area contributed by atoms with Gasteiger partial charge in [-0.25, -0.2) is 0 Å². The lowest BCUT2D eigenvalue weighted by Gasteiger charge is -2.30. The van der Waals surface area contributed by atoms with E-state index in [9.17, 15) is 20.0 Å². The number of hydrogen-bond acceptors (Lipinski definition) is 4. The van der Waals surface area contributed by atoms with Crippen molar-refractivity contribution in [2.24, 2.45) is 5.92 Å². The average Bonchev–Trinajstić information content (AvgIpc) is 2.53. The van der Waals surface area contributed by atoms with E-state index >= 15 is 0 Å². The van der Waals surface area contributed by atoms with Crippen LogP contribution >= 0.6 is 0 Å². The molecule has 0 spiro atoms. The molecule has 0 aliphatic heterocycles. The van der Waals surface area contributed by atoms with Crippen molar-refractivity contribution in [1.29, 1.82) is 0 Å². The number of amides is 1. The molecule has 1 aliphatic rings. The van der Waals surface area contributed by atoms with Crippen molar-refractivity contribution in [2.45, 2.75) is 44.6 Å². The van der Waals surface area contributed by atoms with E-state index in [4.69, 9.17) is 0 Å². The summed E-state index contributed by atoms with van der Waals surface area (Å²) >= 11 is 0. The number of nitrogens with zero attached hydrogens (tertiary/aromatic N) is 1. The number of aryl methyl sites for hydroxylation is 1. The smallest absolute Gasteiger partial charge is 0.269 e. The van der Waals surface area contributed by atoms with E-state index in [1.54, 1.807) is 12.1 Å². The van der Waals surface area contributed by atoms with E-state index < -0.39 is 4.92 Å². The molecule has 0 bridgehead atoms. The van der Waals surface area contributed by atoms with Crippen LogP contribution in [0.15, 0.2) is 24.3 Å². The first-order chi connectivity index (χ1) is 10.6. The summed E-state index contributed by atoms with van der Waals surface area (Å²) in [6, 6.07) is 6.42.